The predicted octanol–water partition coefficient (Wildman–Crippen LogP) is 5.00. The van der Waals surface area contributed by atoms with Gasteiger partial charge in [0.25, 0.3) is 0 Å². The molecular weight excluding hydrogens is 324 g/mol. The summed E-state index contributed by atoms with van der Waals surface area (Å²) in [5.41, 5.74) is 0. The fourth-order valence-corrected chi connectivity index (χ4v) is 5.58. The smallest absolute Gasteiger partial charge is 0.0723 e. The normalized spacial score (nSPS) is 33.3. The second-order valence-electron chi connectivity index (χ2n) is 9.00. The molecular formula is C23H40O3. The van der Waals surface area contributed by atoms with Crippen LogP contribution in [0.2, 0.25) is 0 Å². The van der Waals surface area contributed by atoms with Gasteiger partial charge in [0.1, 0.15) is 0 Å². The van der Waals surface area contributed by atoms with Crippen LogP contribution in [0.4, 0.5) is 0 Å². The van der Waals surface area contributed by atoms with E-state index in [1.807, 2.05) is 0 Å². The average molecular weight is 365 g/mol. The third-order valence-electron chi connectivity index (χ3n) is 7.04. The molecule has 3 aliphatic rings. The van der Waals surface area contributed by atoms with E-state index in [1.165, 1.54) is 70.6 Å². The van der Waals surface area contributed by atoms with Crippen molar-refractivity contribution < 1.29 is 14.9 Å². The van der Waals surface area contributed by atoms with E-state index in [1.54, 1.807) is 0 Å². The second-order valence-corrected chi connectivity index (χ2v) is 9.00. The van der Waals surface area contributed by atoms with Crippen molar-refractivity contribution in [2.45, 2.75) is 108 Å². The maximum atomic E-state index is 10.5. The molecule has 3 fully saturated rings. The first-order valence-corrected chi connectivity index (χ1v) is 11.4. The zero-order valence-electron chi connectivity index (χ0n) is 16.5. The second kappa shape index (κ2) is 10.8. The number of hydrogen-bond acceptors (Lipinski definition) is 3. The van der Waals surface area contributed by atoms with Crippen LogP contribution in [0.3, 0.4) is 0 Å². The number of unbranched alkanes of at least 4 members (excludes halogenated alkanes) is 4. The molecule has 0 radical (unpaired) electrons. The van der Waals surface area contributed by atoms with Crippen molar-refractivity contribution in [3.8, 4) is 0 Å². The minimum Gasteiger partial charge on any atom is -0.396 e. The van der Waals surface area contributed by atoms with Crippen LogP contribution in [0, 0.1) is 17.8 Å². The first kappa shape index (κ1) is 20.4. The monoisotopic (exact) mass is 364 g/mol. The molecule has 0 spiro atoms. The first-order valence-electron chi connectivity index (χ1n) is 11.4. The molecule has 2 bridgehead atoms. The summed E-state index contributed by atoms with van der Waals surface area (Å²) in [4.78, 5) is 0. The molecule has 0 aromatic carbocycles. The Morgan fingerprint density at radius 1 is 0.885 bits per heavy atom. The van der Waals surface area contributed by atoms with Crippen molar-refractivity contribution in [2.24, 2.45) is 17.8 Å². The van der Waals surface area contributed by atoms with Crippen LogP contribution in [0.5, 0.6) is 0 Å². The van der Waals surface area contributed by atoms with E-state index in [2.05, 4.69) is 12.2 Å². The number of ether oxygens (including phenoxy) is 1. The Balaban J connectivity index is 1.42. The first-order chi connectivity index (χ1) is 12.8. The van der Waals surface area contributed by atoms with Gasteiger partial charge in [-0.15, -0.1) is 0 Å². The van der Waals surface area contributed by atoms with Gasteiger partial charge in [-0.2, -0.15) is 0 Å². The molecule has 5 unspecified atom stereocenters. The molecule has 2 heterocycles. The predicted molar refractivity (Wildman–Crippen MR) is 106 cm³/mol. The van der Waals surface area contributed by atoms with Crippen LogP contribution in [0.25, 0.3) is 0 Å². The Kier molecular flexibility index (Phi) is 8.48. The number of rotatable bonds is 11. The Morgan fingerprint density at radius 2 is 1.62 bits per heavy atom. The van der Waals surface area contributed by atoms with E-state index < -0.39 is 0 Å². The molecule has 0 aromatic heterocycles. The topological polar surface area (TPSA) is 49.7 Å². The summed E-state index contributed by atoms with van der Waals surface area (Å²) >= 11 is 0. The van der Waals surface area contributed by atoms with E-state index in [-0.39, 0.29) is 6.10 Å². The Bertz CT molecular complexity index is 416. The summed E-state index contributed by atoms with van der Waals surface area (Å²) in [6.45, 7) is 0.330. The molecule has 150 valence electrons. The largest absolute Gasteiger partial charge is 0.396 e. The van der Waals surface area contributed by atoms with E-state index in [0.717, 1.165) is 25.2 Å². The standard InChI is InChI=1S/C23H40O3/c24-16-8-3-1-2-7-11-20-21(23-15-14-22(20)26-23)13-12-19(25)17-18-9-5-4-6-10-18/h12-13,18-25H,1-11,14-17H2. The van der Waals surface area contributed by atoms with Crippen LogP contribution in [0.1, 0.15) is 89.9 Å². The van der Waals surface area contributed by atoms with Crippen molar-refractivity contribution in [3.63, 3.8) is 0 Å². The third kappa shape index (κ3) is 5.81. The van der Waals surface area contributed by atoms with Crippen LogP contribution in [-0.4, -0.2) is 35.1 Å². The van der Waals surface area contributed by atoms with E-state index in [9.17, 15) is 5.11 Å². The lowest BCUT2D eigenvalue weighted by atomic mass is 9.76. The van der Waals surface area contributed by atoms with Gasteiger partial charge in [0, 0.05) is 12.5 Å². The maximum absolute atomic E-state index is 10.5. The highest BCUT2D eigenvalue weighted by Crippen LogP contribution is 2.46. The Labute approximate surface area is 160 Å². The van der Waals surface area contributed by atoms with Crippen LogP contribution in [0.15, 0.2) is 12.2 Å². The minimum absolute atomic E-state index is 0.267. The molecule has 1 saturated carbocycles. The molecule has 2 N–H and O–H groups in total. The molecule has 2 saturated heterocycles. The Morgan fingerprint density at radius 3 is 2.42 bits per heavy atom. The lowest BCUT2D eigenvalue weighted by Gasteiger charge is -2.26. The quantitative estimate of drug-likeness (QED) is 0.401. The number of hydrogen-bond donors (Lipinski definition) is 2. The van der Waals surface area contributed by atoms with Crippen molar-refractivity contribution in [2.75, 3.05) is 6.61 Å². The third-order valence-corrected chi connectivity index (χ3v) is 7.04. The lowest BCUT2D eigenvalue weighted by molar-refractivity contribution is 0.0883. The highest BCUT2D eigenvalue weighted by Gasteiger charge is 2.47. The highest BCUT2D eigenvalue weighted by molar-refractivity contribution is 5.07. The highest BCUT2D eigenvalue weighted by atomic mass is 16.5. The van der Waals surface area contributed by atoms with Crippen molar-refractivity contribution in [1.82, 2.24) is 0 Å². The zero-order valence-corrected chi connectivity index (χ0v) is 16.5. The molecule has 3 rings (SSSR count). The van der Waals surface area contributed by atoms with Crippen LogP contribution < -0.4 is 0 Å². The summed E-state index contributed by atoms with van der Waals surface area (Å²) in [5, 5.41) is 19.3. The van der Waals surface area contributed by atoms with Gasteiger partial charge in [-0.05, 0) is 43.9 Å². The van der Waals surface area contributed by atoms with Gasteiger partial charge in [0.05, 0.1) is 18.3 Å². The van der Waals surface area contributed by atoms with E-state index in [4.69, 9.17) is 9.84 Å². The zero-order chi connectivity index (χ0) is 18.2. The fraction of sp³-hybridized carbons (Fsp3) is 0.913. The molecule has 3 heteroatoms. The molecule has 5 atom stereocenters. The molecule has 2 aliphatic heterocycles. The summed E-state index contributed by atoms with van der Waals surface area (Å²) < 4.78 is 6.21. The van der Waals surface area contributed by atoms with Crippen molar-refractivity contribution >= 4 is 0 Å². The number of aliphatic hydroxyl groups excluding tert-OH is 2. The minimum atomic E-state index is -0.267. The fourth-order valence-electron chi connectivity index (χ4n) is 5.58. The van der Waals surface area contributed by atoms with Crippen LogP contribution >= 0.6 is 0 Å². The van der Waals surface area contributed by atoms with E-state index in [0.29, 0.717) is 30.7 Å². The van der Waals surface area contributed by atoms with Gasteiger partial charge in [-0.25, -0.2) is 0 Å². The van der Waals surface area contributed by atoms with Gasteiger partial charge in [0.15, 0.2) is 0 Å². The van der Waals surface area contributed by atoms with Crippen molar-refractivity contribution in [3.05, 3.63) is 12.2 Å². The van der Waals surface area contributed by atoms with Gasteiger partial charge in [-0.1, -0.05) is 69.9 Å². The molecule has 3 nitrogen and oxygen atoms in total. The number of fused-ring (bicyclic) bond motifs is 2. The SMILES string of the molecule is OCCCCCCCC1C2CCC(O2)C1C=CC(O)CC1CCCCC1. The number of aliphatic hydroxyl groups is 2. The molecule has 0 aromatic rings. The van der Waals surface area contributed by atoms with Gasteiger partial charge < -0.3 is 14.9 Å². The summed E-state index contributed by atoms with van der Waals surface area (Å²) in [5.74, 6) is 1.91. The van der Waals surface area contributed by atoms with Crippen LogP contribution in [-0.2, 0) is 4.74 Å². The molecule has 26 heavy (non-hydrogen) atoms. The lowest BCUT2D eigenvalue weighted by Crippen LogP contribution is -2.26. The average Bonchev–Trinajstić information content (AvgIpc) is 3.25. The van der Waals surface area contributed by atoms with Gasteiger partial charge in [-0.3, -0.25) is 0 Å². The molecule has 1 aliphatic carbocycles. The summed E-state index contributed by atoms with van der Waals surface area (Å²) in [7, 11) is 0. The summed E-state index contributed by atoms with van der Waals surface area (Å²) in [6, 6.07) is 0. The maximum Gasteiger partial charge on any atom is 0.0723 e. The van der Waals surface area contributed by atoms with Gasteiger partial charge in [0.2, 0.25) is 0 Å². The Hall–Kier alpha value is -0.380. The summed E-state index contributed by atoms with van der Waals surface area (Å²) in [6.07, 6.45) is 22.2. The van der Waals surface area contributed by atoms with E-state index >= 15 is 0 Å². The molecule has 0 amide bonds. The van der Waals surface area contributed by atoms with Gasteiger partial charge >= 0.3 is 0 Å². The van der Waals surface area contributed by atoms with Crippen molar-refractivity contribution in [1.29, 1.82) is 0 Å².